The highest BCUT2D eigenvalue weighted by Gasteiger charge is 2.29. The highest BCUT2D eigenvalue weighted by Crippen LogP contribution is 2.30. The molecule has 1 N–H and O–H groups in total. The van der Waals surface area contributed by atoms with Crippen LogP contribution in [0.3, 0.4) is 0 Å². The number of nitrogens with one attached hydrogen (secondary N) is 1. The van der Waals surface area contributed by atoms with Crippen LogP contribution in [0.5, 0.6) is 0 Å². The molecule has 1 aliphatic rings. The number of nitro benzene ring substituents is 1. The predicted octanol–water partition coefficient (Wildman–Crippen LogP) is 2.57. The number of rotatable bonds is 7. The minimum Gasteiger partial charge on any atom is -0.375 e. The lowest BCUT2D eigenvalue weighted by atomic mass is 10.2. The number of anilines is 1. The summed E-state index contributed by atoms with van der Waals surface area (Å²) in [5.41, 5.74) is 0.791. The maximum atomic E-state index is 12.7. The molecule has 1 fully saturated rings. The lowest BCUT2D eigenvalue weighted by Crippen LogP contribution is -2.27. The highest BCUT2D eigenvalue weighted by atomic mass is 32.2. The normalized spacial score (nSPS) is 14.7. The topological polar surface area (TPSA) is 123 Å². The average molecular weight is 428 g/mol. The fraction of sp³-hybridized carbons (Fsp3) is 0.263. The van der Waals surface area contributed by atoms with E-state index < -0.39 is 14.9 Å². The molecule has 0 radical (unpaired) electrons. The summed E-state index contributed by atoms with van der Waals surface area (Å²) in [5, 5.41) is 14.5. The van der Waals surface area contributed by atoms with Crippen molar-refractivity contribution in [2.75, 3.05) is 18.4 Å². The molecule has 2 aromatic heterocycles. The second-order valence-corrected chi connectivity index (χ2v) is 8.83. The van der Waals surface area contributed by atoms with Crippen molar-refractivity contribution in [1.29, 1.82) is 0 Å². The van der Waals surface area contributed by atoms with Crippen LogP contribution < -0.4 is 5.32 Å². The van der Waals surface area contributed by atoms with Crippen LogP contribution in [0, 0.1) is 10.1 Å². The average Bonchev–Trinajstić information content (AvgIpc) is 3.47. The van der Waals surface area contributed by atoms with Crippen LogP contribution in [0.25, 0.3) is 5.82 Å². The molecule has 11 heteroatoms. The molecule has 1 aromatic carbocycles. The van der Waals surface area contributed by atoms with E-state index in [-0.39, 0.29) is 16.3 Å². The van der Waals surface area contributed by atoms with Crippen molar-refractivity contribution < 1.29 is 13.3 Å². The van der Waals surface area contributed by atoms with Gasteiger partial charge in [-0.3, -0.25) is 14.7 Å². The molecule has 0 aliphatic carbocycles. The molecular weight excluding hydrogens is 408 g/mol. The number of benzene rings is 1. The molecule has 0 amide bonds. The third kappa shape index (κ3) is 4.02. The molecule has 0 saturated carbocycles. The first-order valence-electron chi connectivity index (χ1n) is 9.41. The van der Waals surface area contributed by atoms with E-state index in [4.69, 9.17) is 0 Å². The Balaban J connectivity index is 1.52. The number of nitro groups is 1. The van der Waals surface area contributed by atoms with Gasteiger partial charge in [0.2, 0.25) is 10.0 Å². The summed E-state index contributed by atoms with van der Waals surface area (Å²) in [6.07, 6.45) is 8.34. The maximum Gasteiger partial charge on any atom is 0.293 e. The van der Waals surface area contributed by atoms with Gasteiger partial charge in [-0.05, 0) is 36.6 Å². The fourth-order valence-corrected chi connectivity index (χ4v) is 4.85. The summed E-state index contributed by atoms with van der Waals surface area (Å²) >= 11 is 0. The number of nitrogens with zero attached hydrogens (tertiary/aromatic N) is 5. The third-order valence-corrected chi connectivity index (χ3v) is 6.82. The summed E-state index contributed by atoms with van der Waals surface area (Å²) in [6, 6.07) is 7.64. The number of imidazole rings is 1. The molecule has 1 aliphatic heterocycles. The number of sulfonamides is 1. The second-order valence-electron chi connectivity index (χ2n) is 6.90. The Labute approximate surface area is 173 Å². The van der Waals surface area contributed by atoms with Crippen molar-refractivity contribution in [1.82, 2.24) is 18.8 Å². The van der Waals surface area contributed by atoms with Crippen LogP contribution in [0.2, 0.25) is 0 Å². The Bertz CT molecular complexity index is 1140. The van der Waals surface area contributed by atoms with Gasteiger partial charge in [0.1, 0.15) is 17.8 Å². The van der Waals surface area contributed by atoms with E-state index >= 15 is 0 Å². The van der Waals surface area contributed by atoms with E-state index in [2.05, 4.69) is 15.3 Å². The number of hydrogen-bond donors (Lipinski definition) is 1. The number of hydrogen-bond acceptors (Lipinski definition) is 7. The smallest absolute Gasteiger partial charge is 0.293 e. The zero-order chi connectivity index (χ0) is 21.1. The molecule has 4 rings (SSSR count). The summed E-state index contributed by atoms with van der Waals surface area (Å²) in [7, 11) is -3.72. The first-order valence-corrected chi connectivity index (χ1v) is 10.8. The minimum absolute atomic E-state index is 0.0620. The molecule has 1 saturated heterocycles. The summed E-state index contributed by atoms with van der Waals surface area (Å²) in [6.45, 7) is 1.19. The third-order valence-electron chi connectivity index (χ3n) is 4.93. The summed E-state index contributed by atoms with van der Waals surface area (Å²) < 4.78 is 28.5. The molecule has 10 nitrogen and oxygen atoms in total. The molecule has 3 heterocycles. The predicted molar refractivity (Wildman–Crippen MR) is 110 cm³/mol. The van der Waals surface area contributed by atoms with Crippen molar-refractivity contribution in [2.24, 2.45) is 0 Å². The zero-order valence-electron chi connectivity index (χ0n) is 16.0. The lowest BCUT2D eigenvalue weighted by molar-refractivity contribution is -0.384. The number of aromatic nitrogens is 3. The largest absolute Gasteiger partial charge is 0.375 e. The first kappa shape index (κ1) is 20.0. The molecule has 0 spiro atoms. The van der Waals surface area contributed by atoms with Gasteiger partial charge in [-0.15, -0.1) is 0 Å². The molecule has 156 valence electrons. The molecule has 0 atom stereocenters. The quantitative estimate of drug-likeness (QED) is 0.453. The minimum atomic E-state index is -3.72. The van der Waals surface area contributed by atoms with E-state index in [1.54, 1.807) is 29.5 Å². The van der Waals surface area contributed by atoms with Gasteiger partial charge in [0.05, 0.1) is 9.82 Å². The lowest BCUT2D eigenvalue weighted by Gasteiger charge is -2.16. The van der Waals surface area contributed by atoms with E-state index in [0.717, 1.165) is 24.5 Å². The van der Waals surface area contributed by atoms with Gasteiger partial charge in [-0.1, -0.05) is 6.07 Å². The number of pyridine rings is 1. The summed E-state index contributed by atoms with van der Waals surface area (Å²) in [5.74, 6) is 0.707. The second kappa shape index (κ2) is 8.20. The fourth-order valence-electron chi connectivity index (χ4n) is 3.32. The van der Waals surface area contributed by atoms with Crippen LogP contribution in [-0.4, -0.2) is 45.3 Å². The Kier molecular flexibility index (Phi) is 5.46. The van der Waals surface area contributed by atoms with Crippen molar-refractivity contribution >= 4 is 21.4 Å². The van der Waals surface area contributed by atoms with E-state index in [1.807, 2.05) is 12.1 Å². The van der Waals surface area contributed by atoms with Gasteiger partial charge in [0, 0.05) is 44.3 Å². The van der Waals surface area contributed by atoms with Crippen LogP contribution in [-0.2, 0) is 16.6 Å². The molecule has 0 bridgehead atoms. The highest BCUT2D eigenvalue weighted by molar-refractivity contribution is 7.89. The van der Waals surface area contributed by atoms with Gasteiger partial charge < -0.3 is 5.32 Å². The van der Waals surface area contributed by atoms with Gasteiger partial charge in [-0.2, -0.15) is 4.31 Å². The standard InChI is InChI=1S/C19H20N6O4S/c26-25(27)18-11-16(30(28,29)24-8-1-2-9-24)4-5-17(18)21-12-15-3-6-19(22-13-15)23-10-7-20-14-23/h3-7,10-11,13-14,21H,1-2,8-9,12H2. The Morgan fingerprint density at radius 3 is 2.60 bits per heavy atom. The first-order chi connectivity index (χ1) is 14.4. The molecule has 0 unspecified atom stereocenters. The van der Waals surface area contributed by atoms with Crippen molar-refractivity contribution in [3.63, 3.8) is 0 Å². The van der Waals surface area contributed by atoms with Crippen LogP contribution in [0.1, 0.15) is 18.4 Å². The van der Waals surface area contributed by atoms with E-state index in [9.17, 15) is 18.5 Å². The van der Waals surface area contributed by atoms with E-state index in [1.165, 1.54) is 16.4 Å². The van der Waals surface area contributed by atoms with E-state index in [0.29, 0.717) is 25.5 Å². The van der Waals surface area contributed by atoms with Gasteiger partial charge >= 0.3 is 0 Å². The van der Waals surface area contributed by atoms with Crippen LogP contribution in [0.4, 0.5) is 11.4 Å². The zero-order valence-corrected chi connectivity index (χ0v) is 16.8. The molecule has 30 heavy (non-hydrogen) atoms. The molecule has 3 aromatic rings. The van der Waals surface area contributed by atoms with Gasteiger partial charge in [0.25, 0.3) is 5.69 Å². The summed E-state index contributed by atoms with van der Waals surface area (Å²) in [4.78, 5) is 19.2. The monoisotopic (exact) mass is 428 g/mol. The molecular formula is C19H20N6O4S. The van der Waals surface area contributed by atoms with Crippen LogP contribution in [0.15, 0.2) is 60.1 Å². The van der Waals surface area contributed by atoms with Crippen molar-refractivity contribution in [3.05, 3.63) is 70.9 Å². The van der Waals surface area contributed by atoms with Crippen LogP contribution >= 0.6 is 0 Å². The maximum absolute atomic E-state index is 12.7. The van der Waals surface area contributed by atoms with Crippen molar-refractivity contribution in [2.45, 2.75) is 24.3 Å². The van der Waals surface area contributed by atoms with Crippen molar-refractivity contribution in [3.8, 4) is 5.82 Å². The Morgan fingerprint density at radius 1 is 1.17 bits per heavy atom. The van der Waals surface area contributed by atoms with Gasteiger partial charge in [0.15, 0.2) is 0 Å². The van der Waals surface area contributed by atoms with Gasteiger partial charge in [-0.25, -0.2) is 18.4 Å². The SMILES string of the molecule is O=[N+]([O-])c1cc(S(=O)(=O)N2CCCC2)ccc1NCc1ccc(-n2ccnc2)nc1. The Morgan fingerprint density at radius 2 is 1.97 bits per heavy atom. The Hall–Kier alpha value is -3.31.